The monoisotopic (exact) mass is 412 g/mol. The Bertz CT molecular complexity index is 835. The van der Waals surface area contributed by atoms with Crippen LogP contribution < -0.4 is 10.1 Å². The molecule has 160 valence electrons. The molecule has 2 fully saturated rings. The highest BCUT2D eigenvalue weighted by Gasteiger charge is 2.42. The molecule has 0 bridgehead atoms. The number of methoxy groups -OCH3 is 1. The molecule has 0 radical (unpaired) electrons. The molecule has 2 aliphatic rings. The summed E-state index contributed by atoms with van der Waals surface area (Å²) in [4.78, 5) is 13.9. The second-order valence-electron chi connectivity index (χ2n) is 8.28. The minimum Gasteiger partial charge on any atom is -0.497 e. The molecule has 1 heterocycles. The number of halogens is 1. The number of hydrogen-bond acceptors (Lipinski definition) is 4. The maximum Gasteiger partial charge on any atom is 0.410 e. The highest BCUT2D eigenvalue weighted by atomic mass is 19.1. The van der Waals surface area contributed by atoms with Crippen LogP contribution >= 0.6 is 0 Å². The van der Waals surface area contributed by atoms with E-state index in [-0.39, 0.29) is 12.7 Å². The predicted octanol–water partition coefficient (Wildman–Crippen LogP) is 4.28. The van der Waals surface area contributed by atoms with Gasteiger partial charge in [-0.15, -0.1) is 0 Å². The van der Waals surface area contributed by atoms with E-state index in [1.54, 1.807) is 12.0 Å². The molecule has 6 heteroatoms. The van der Waals surface area contributed by atoms with Gasteiger partial charge in [0.1, 0.15) is 18.0 Å². The lowest BCUT2D eigenvalue weighted by Gasteiger charge is -2.36. The number of nitrogens with zero attached hydrogens (tertiary/aromatic N) is 1. The standard InChI is InChI=1S/C24H29FN2O3/c1-29-20-9-7-19(8-10-20)21-15-22(21)26-17-24(25)11-13-27(14-12-24)23(28)30-16-18-5-3-2-4-6-18/h2-10,21-22,26H,11-17H2,1H3/t21-,22+/m0/s1. The maximum atomic E-state index is 15.2. The topological polar surface area (TPSA) is 50.8 Å². The van der Waals surface area contributed by atoms with Crippen LogP contribution in [-0.2, 0) is 11.3 Å². The Balaban J connectivity index is 1.18. The summed E-state index contributed by atoms with van der Waals surface area (Å²) in [5.74, 6) is 1.29. The molecule has 5 nitrogen and oxygen atoms in total. The van der Waals surface area contributed by atoms with Gasteiger partial charge >= 0.3 is 6.09 Å². The molecule has 1 saturated heterocycles. The Morgan fingerprint density at radius 2 is 1.83 bits per heavy atom. The Hall–Kier alpha value is -2.60. The Morgan fingerprint density at radius 3 is 2.50 bits per heavy atom. The quantitative estimate of drug-likeness (QED) is 0.738. The number of likely N-dealkylation sites (tertiary alicyclic amines) is 1. The normalized spacial score (nSPS) is 22.4. The van der Waals surface area contributed by atoms with E-state index in [1.807, 2.05) is 42.5 Å². The van der Waals surface area contributed by atoms with E-state index in [9.17, 15) is 4.79 Å². The van der Waals surface area contributed by atoms with Gasteiger partial charge in [0.15, 0.2) is 0 Å². The number of ether oxygens (including phenoxy) is 2. The van der Waals surface area contributed by atoms with Gasteiger partial charge in [0.2, 0.25) is 0 Å². The Kier molecular flexibility index (Phi) is 6.23. The van der Waals surface area contributed by atoms with E-state index in [2.05, 4.69) is 17.4 Å². The molecular weight excluding hydrogens is 383 g/mol. The molecular formula is C24H29FN2O3. The summed E-state index contributed by atoms with van der Waals surface area (Å²) in [6.07, 6.45) is 1.33. The van der Waals surface area contributed by atoms with Crippen LogP contribution in [0, 0.1) is 0 Å². The third-order valence-electron chi connectivity index (χ3n) is 6.14. The van der Waals surface area contributed by atoms with Crippen LogP contribution in [0.15, 0.2) is 54.6 Å². The van der Waals surface area contributed by atoms with Crippen LogP contribution in [0.3, 0.4) is 0 Å². The van der Waals surface area contributed by atoms with Gasteiger partial charge in [-0.1, -0.05) is 42.5 Å². The summed E-state index contributed by atoms with van der Waals surface area (Å²) in [6.45, 7) is 1.35. The van der Waals surface area contributed by atoms with Crippen molar-refractivity contribution in [3.63, 3.8) is 0 Å². The van der Waals surface area contributed by atoms with Crippen molar-refractivity contribution in [2.45, 2.75) is 43.5 Å². The first-order chi connectivity index (χ1) is 14.6. The summed E-state index contributed by atoms with van der Waals surface area (Å²) in [5.41, 5.74) is 0.934. The van der Waals surface area contributed by atoms with Crippen molar-refractivity contribution >= 4 is 6.09 Å². The van der Waals surface area contributed by atoms with Crippen LogP contribution in [0.2, 0.25) is 0 Å². The average molecular weight is 413 g/mol. The first kappa shape index (κ1) is 20.7. The summed E-state index contributed by atoms with van der Waals surface area (Å²) in [5, 5.41) is 3.39. The van der Waals surface area contributed by atoms with Crippen molar-refractivity contribution in [1.82, 2.24) is 10.2 Å². The maximum absolute atomic E-state index is 15.2. The van der Waals surface area contributed by atoms with Crippen LogP contribution in [0.25, 0.3) is 0 Å². The molecule has 1 saturated carbocycles. The van der Waals surface area contributed by atoms with Crippen molar-refractivity contribution in [3.8, 4) is 5.75 Å². The SMILES string of the molecule is COc1ccc([C@@H]2C[C@H]2NCC2(F)CCN(C(=O)OCc3ccccc3)CC2)cc1. The smallest absolute Gasteiger partial charge is 0.410 e. The molecule has 2 aromatic rings. The van der Waals surface area contributed by atoms with Gasteiger partial charge < -0.3 is 19.7 Å². The number of carbonyl (C=O) groups excluding carboxylic acids is 1. The van der Waals surface area contributed by atoms with Gasteiger partial charge in [-0.3, -0.25) is 0 Å². The molecule has 0 unspecified atom stereocenters. The van der Waals surface area contributed by atoms with Crippen molar-refractivity contribution in [3.05, 3.63) is 65.7 Å². The second kappa shape index (κ2) is 9.04. The number of amides is 1. The molecule has 0 aromatic heterocycles. The number of benzene rings is 2. The highest BCUT2D eigenvalue weighted by molar-refractivity contribution is 5.67. The molecule has 1 amide bonds. The fourth-order valence-electron chi connectivity index (χ4n) is 4.03. The zero-order chi connectivity index (χ0) is 21.0. The fourth-order valence-corrected chi connectivity index (χ4v) is 4.03. The van der Waals surface area contributed by atoms with Crippen molar-refractivity contribution in [1.29, 1.82) is 0 Å². The van der Waals surface area contributed by atoms with Gasteiger partial charge in [-0.2, -0.15) is 0 Å². The summed E-state index contributed by atoms with van der Waals surface area (Å²) in [7, 11) is 1.66. The van der Waals surface area contributed by atoms with E-state index in [0.717, 1.165) is 17.7 Å². The Morgan fingerprint density at radius 1 is 1.13 bits per heavy atom. The molecule has 1 aliphatic carbocycles. The average Bonchev–Trinajstić information content (AvgIpc) is 3.57. The Labute approximate surface area is 177 Å². The molecule has 2 aromatic carbocycles. The van der Waals surface area contributed by atoms with E-state index in [4.69, 9.17) is 9.47 Å². The number of rotatable bonds is 7. The third-order valence-corrected chi connectivity index (χ3v) is 6.14. The third kappa shape index (κ3) is 5.11. The van der Waals surface area contributed by atoms with Crippen LogP contribution in [-0.4, -0.2) is 49.4 Å². The largest absolute Gasteiger partial charge is 0.497 e. The van der Waals surface area contributed by atoms with Crippen molar-refractivity contribution in [2.75, 3.05) is 26.7 Å². The van der Waals surface area contributed by atoms with E-state index >= 15 is 4.39 Å². The lowest BCUT2D eigenvalue weighted by molar-refractivity contribution is 0.0408. The second-order valence-corrected chi connectivity index (χ2v) is 8.28. The van der Waals surface area contributed by atoms with Gasteiger partial charge in [0.25, 0.3) is 0 Å². The van der Waals surface area contributed by atoms with Crippen molar-refractivity contribution < 1.29 is 18.7 Å². The first-order valence-corrected chi connectivity index (χ1v) is 10.6. The molecule has 2 atom stereocenters. The van der Waals surface area contributed by atoms with Crippen LogP contribution in [0.5, 0.6) is 5.75 Å². The minimum atomic E-state index is -1.27. The number of nitrogens with one attached hydrogen (secondary N) is 1. The van der Waals surface area contributed by atoms with Crippen LogP contribution in [0.4, 0.5) is 9.18 Å². The zero-order valence-electron chi connectivity index (χ0n) is 17.4. The number of piperidine rings is 1. The van der Waals surface area contributed by atoms with E-state index in [0.29, 0.717) is 44.4 Å². The summed E-state index contributed by atoms with van der Waals surface area (Å²) < 4.78 is 25.8. The lowest BCUT2D eigenvalue weighted by Crippen LogP contribution is -2.49. The lowest BCUT2D eigenvalue weighted by atomic mass is 9.93. The number of hydrogen-bond donors (Lipinski definition) is 1. The molecule has 0 spiro atoms. The molecule has 1 aliphatic heterocycles. The highest BCUT2D eigenvalue weighted by Crippen LogP contribution is 2.41. The molecule has 30 heavy (non-hydrogen) atoms. The minimum absolute atomic E-state index is 0.243. The predicted molar refractivity (Wildman–Crippen MR) is 113 cm³/mol. The zero-order valence-corrected chi connectivity index (χ0v) is 17.4. The number of alkyl halides is 1. The van der Waals surface area contributed by atoms with Crippen LogP contribution in [0.1, 0.15) is 36.3 Å². The first-order valence-electron chi connectivity index (χ1n) is 10.6. The summed E-state index contributed by atoms with van der Waals surface area (Å²) >= 11 is 0. The van der Waals surface area contributed by atoms with Crippen molar-refractivity contribution in [2.24, 2.45) is 0 Å². The molecule has 1 N–H and O–H groups in total. The molecule has 4 rings (SSSR count). The van der Waals surface area contributed by atoms with Gasteiger partial charge in [-0.05, 0) is 29.7 Å². The van der Waals surface area contributed by atoms with E-state index in [1.165, 1.54) is 5.56 Å². The van der Waals surface area contributed by atoms with Gasteiger partial charge in [0, 0.05) is 44.4 Å². The number of carbonyl (C=O) groups is 1. The van der Waals surface area contributed by atoms with Gasteiger partial charge in [0.05, 0.1) is 7.11 Å². The summed E-state index contributed by atoms with van der Waals surface area (Å²) in [6, 6.07) is 18.0. The van der Waals surface area contributed by atoms with Gasteiger partial charge in [-0.25, -0.2) is 9.18 Å². The fraction of sp³-hybridized carbons (Fsp3) is 0.458. The van der Waals surface area contributed by atoms with E-state index < -0.39 is 5.67 Å².